The summed E-state index contributed by atoms with van der Waals surface area (Å²) in [7, 11) is 0. The van der Waals surface area contributed by atoms with Crippen molar-refractivity contribution in [2.45, 2.75) is 26.4 Å². The third kappa shape index (κ3) is 2.93. The minimum atomic E-state index is -0.698. The molecule has 1 aromatic rings. The Balaban J connectivity index is 2.37. The van der Waals surface area contributed by atoms with Gasteiger partial charge in [-0.1, -0.05) is 17.7 Å². The average Bonchev–Trinajstić information content (AvgIpc) is 2.38. The molecular formula is C14H18N2O3. The lowest BCUT2D eigenvalue weighted by atomic mass is 10.1. The molecule has 0 radical (unpaired) electrons. The van der Waals surface area contributed by atoms with Crippen LogP contribution in [0.2, 0.25) is 0 Å². The highest BCUT2D eigenvalue weighted by molar-refractivity contribution is 5.65. The normalized spacial score (nSPS) is 17.0. The number of rotatable bonds is 3. The van der Waals surface area contributed by atoms with Crippen LogP contribution in [0.5, 0.6) is 0 Å². The van der Waals surface area contributed by atoms with E-state index in [1.807, 2.05) is 4.90 Å². The van der Waals surface area contributed by atoms with E-state index in [1.165, 1.54) is 11.6 Å². The molecule has 1 N–H and O–H groups in total. The van der Waals surface area contributed by atoms with E-state index in [2.05, 4.69) is 13.0 Å². The molecule has 0 saturated heterocycles. The van der Waals surface area contributed by atoms with Gasteiger partial charge < -0.3 is 10.0 Å². The zero-order valence-corrected chi connectivity index (χ0v) is 11.2. The molecule has 0 aliphatic carbocycles. The third-order valence-corrected chi connectivity index (χ3v) is 3.46. The van der Waals surface area contributed by atoms with Gasteiger partial charge in [-0.3, -0.25) is 10.1 Å². The summed E-state index contributed by atoms with van der Waals surface area (Å²) in [5.74, 6) is 0. The molecule has 1 aliphatic heterocycles. The van der Waals surface area contributed by atoms with Crippen LogP contribution in [0, 0.1) is 10.1 Å². The number of nitrogens with zero attached hydrogens (tertiary/aromatic N) is 2. The number of hydrogen-bond acceptors (Lipinski definition) is 4. The molecule has 1 atom stereocenters. The predicted octanol–water partition coefficient (Wildman–Crippen LogP) is 2.80. The van der Waals surface area contributed by atoms with Crippen LogP contribution in [0.1, 0.15) is 31.9 Å². The Labute approximate surface area is 112 Å². The minimum Gasteiger partial charge on any atom is -0.389 e. The van der Waals surface area contributed by atoms with Crippen LogP contribution < -0.4 is 4.90 Å². The van der Waals surface area contributed by atoms with E-state index in [4.69, 9.17) is 0 Å². The molecule has 5 nitrogen and oxygen atoms in total. The van der Waals surface area contributed by atoms with Crippen LogP contribution in [0.15, 0.2) is 29.8 Å². The molecule has 102 valence electrons. The summed E-state index contributed by atoms with van der Waals surface area (Å²) in [6.45, 7) is 5.16. The Morgan fingerprint density at radius 1 is 1.47 bits per heavy atom. The Morgan fingerprint density at radius 2 is 2.21 bits per heavy atom. The molecule has 2 rings (SSSR count). The number of hydrogen-bond donors (Lipinski definition) is 1. The molecule has 1 aliphatic rings. The lowest BCUT2D eigenvalue weighted by Crippen LogP contribution is -2.28. The third-order valence-electron chi connectivity index (χ3n) is 3.46. The Hall–Kier alpha value is -1.88. The van der Waals surface area contributed by atoms with Gasteiger partial charge in [0.25, 0.3) is 5.69 Å². The molecule has 5 heteroatoms. The minimum absolute atomic E-state index is 0.0614. The Bertz CT molecular complexity index is 523. The number of anilines is 1. The molecule has 0 amide bonds. The van der Waals surface area contributed by atoms with Gasteiger partial charge in [-0.15, -0.1) is 0 Å². The van der Waals surface area contributed by atoms with Crippen LogP contribution >= 0.6 is 0 Å². The number of aliphatic hydroxyl groups is 1. The molecule has 0 bridgehead atoms. The van der Waals surface area contributed by atoms with Crippen molar-refractivity contribution in [3.8, 4) is 0 Å². The summed E-state index contributed by atoms with van der Waals surface area (Å²) in [6, 6.07) is 4.94. The number of benzene rings is 1. The maximum absolute atomic E-state index is 11.2. The van der Waals surface area contributed by atoms with Gasteiger partial charge in [0.2, 0.25) is 0 Å². The zero-order chi connectivity index (χ0) is 14.0. The van der Waals surface area contributed by atoms with Crippen LogP contribution in [0.3, 0.4) is 0 Å². The fourth-order valence-corrected chi connectivity index (χ4v) is 2.20. The standard InChI is InChI=1S/C14H18N2O3/c1-10-5-7-15(8-6-10)13-4-3-12(11(2)17)9-14(13)16(18)19/h3-5,9,11,17H,6-8H2,1-2H3/t11-/m0/s1. The van der Waals surface area contributed by atoms with Crippen molar-refractivity contribution in [1.29, 1.82) is 0 Å². The van der Waals surface area contributed by atoms with Crippen molar-refractivity contribution >= 4 is 11.4 Å². The van der Waals surface area contributed by atoms with Crippen LogP contribution in [0.25, 0.3) is 0 Å². The second-order valence-corrected chi connectivity index (χ2v) is 4.93. The van der Waals surface area contributed by atoms with E-state index < -0.39 is 6.10 Å². The number of nitro benzene ring substituents is 1. The topological polar surface area (TPSA) is 66.6 Å². The van der Waals surface area contributed by atoms with Gasteiger partial charge in [0.05, 0.1) is 11.0 Å². The van der Waals surface area contributed by atoms with Crippen molar-refractivity contribution in [1.82, 2.24) is 0 Å². The van der Waals surface area contributed by atoms with Gasteiger partial charge in [0, 0.05) is 19.2 Å². The molecule has 0 spiro atoms. The van der Waals surface area contributed by atoms with E-state index in [9.17, 15) is 15.2 Å². The van der Waals surface area contributed by atoms with E-state index in [0.29, 0.717) is 17.8 Å². The van der Waals surface area contributed by atoms with Gasteiger partial charge in [0.15, 0.2) is 0 Å². The first-order chi connectivity index (χ1) is 8.99. The lowest BCUT2D eigenvalue weighted by Gasteiger charge is -2.27. The molecule has 1 heterocycles. The highest BCUT2D eigenvalue weighted by atomic mass is 16.6. The second kappa shape index (κ2) is 5.40. The van der Waals surface area contributed by atoms with Gasteiger partial charge in [-0.05, 0) is 31.9 Å². The molecular weight excluding hydrogens is 244 g/mol. The molecule has 19 heavy (non-hydrogen) atoms. The smallest absolute Gasteiger partial charge is 0.292 e. The fourth-order valence-electron chi connectivity index (χ4n) is 2.20. The first kappa shape index (κ1) is 13.5. The van der Waals surface area contributed by atoms with E-state index in [1.54, 1.807) is 19.1 Å². The predicted molar refractivity (Wildman–Crippen MR) is 74.3 cm³/mol. The summed E-state index contributed by atoms with van der Waals surface area (Å²) < 4.78 is 0. The Kier molecular flexibility index (Phi) is 3.85. The van der Waals surface area contributed by atoms with Crippen molar-refractivity contribution in [2.75, 3.05) is 18.0 Å². The zero-order valence-electron chi connectivity index (χ0n) is 11.2. The second-order valence-electron chi connectivity index (χ2n) is 4.93. The first-order valence-electron chi connectivity index (χ1n) is 6.36. The van der Waals surface area contributed by atoms with E-state index in [-0.39, 0.29) is 10.6 Å². The van der Waals surface area contributed by atoms with Gasteiger partial charge >= 0.3 is 0 Å². The first-order valence-corrected chi connectivity index (χ1v) is 6.36. The summed E-state index contributed by atoms with van der Waals surface area (Å²) in [5, 5.41) is 20.7. The largest absolute Gasteiger partial charge is 0.389 e. The molecule has 0 aromatic heterocycles. The quantitative estimate of drug-likeness (QED) is 0.516. The van der Waals surface area contributed by atoms with Gasteiger partial charge in [-0.2, -0.15) is 0 Å². The maximum Gasteiger partial charge on any atom is 0.292 e. The highest BCUT2D eigenvalue weighted by Crippen LogP contribution is 2.32. The molecule has 0 saturated carbocycles. The van der Waals surface area contributed by atoms with Gasteiger partial charge in [-0.25, -0.2) is 0 Å². The lowest BCUT2D eigenvalue weighted by molar-refractivity contribution is -0.384. The number of nitro groups is 1. The summed E-state index contributed by atoms with van der Waals surface area (Å²) in [6.07, 6.45) is 2.32. The average molecular weight is 262 g/mol. The van der Waals surface area contributed by atoms with Crippen molar-refractivity contribution < 1.29 is 10.0 Å². The number of aliphatic hydroxyl groups excluding tert-OH is 1. The van der Waals surface area contributed by atoms with Crippen molar-refractivity contribution in [3.05, 3.63) is 45.5 Å². The Morgan fingerprint density at radius 3 is 2.74 bits per heavy atom. The van der Waals surface area contributed by atoms with Crippen molar-refractivity contribution in [2.24, 2.45) is 0 Å². The summed E-state index contributed by atoms with van der Waals surface area (Å²) in [4.78, 5) is 12.8. The molecule has 1 aromatic carbocycles. The fraction of sp³-hybridized carbons (Fsp3) is 0.429. The monoisotopic (exact) mass is 262 g/mol. The highest BCUT2D eigenvalue weighted by Gasteiger charge is 2.21. The van der Waals surface area contributed by atoms with E-state index in [0.717, 1.165) is 13.0 Å². The summed E-state index contributed by atoms with van der Waals surface area (Å²) >= 11 is 0. The molecule has 0 fully saturated rings. The molecule has 0 unspecified atom stereocenters. The van der Waals surface area contributed by atoms with Crippen LogP contribution in [-0.4, -0.2) is 23.1 Å². The van der Waals surface area contributed by atoms with Crippen LogP contribution in [-0.2, 0) is 0 Å². The van der Waals surface area contributed by atoms with E-state index >= 15 is 0 Å². The summed E-state index contributed by atoms with van der Waals surface area (Å²) in [5.41, 5.74) is 2.57. The SMILES string of the molecule is CC1=CCN(c2ccc([C@H](C)O)cc2[N+](=O)[O-])CC1. The van der Waals surface area contributed by atoms with Crippen molar-refractivity contribution in [3.63, 3.8) is 0 Å². The van der Waals surface area contributed by atoms with Crippen LogP contribution in [0.4, 0.5) is 11.4 Å². The maximum atomic E-state index is 11.2. The van der Waals surface area contributed by atoms with Gasteiger partial charge in [0.1, 0.15) is 5.69 Å².